The molecule has 0 radical (unpaired) electrons. The number of rotatable bonds is 6. The fourth-order valence-electron chi connectivity index (χ4n) is 2.57. The van der Waals surface area contributed by atoms with Crippen molar-refractivity contribution in [1.82, 2.24) is 4.90 Å². The van der Waals surface area contributed by atoms with Gasteiger partial charge in [0.05, 0.1) is 4.91 Å². The molecule has 134 valence electrons. The fourth-order valence-corrected chi connectivity index (χ4v) is 4.38. The topological polar surface area (TPSA) is 77.8 Å². The van der Waals surface area contributed by atoms with Crippen LogP contribution in [-0.2, 0) is 9.59 Å². The second kappa shape index (κ2) is 8.25. The molecule has 25 heavy (non-hydrogen) atoms. The highest BCUT2D eigenvalue weighted by Crippen LogP contribution is 2.35. The summed E-state index contributed by atoms with van der Waals surface area (Å²) in [6.45, 7) is 3.57. The van der Waals surface area contributed by atoms with Crippen LogP contribution in [0.3, 0.4) is 0 Å². The van der Waals surface area contributed by atoms with Gasteiger partial charge < -0.3 is 10.2 Å². The summed E-state index contributed by atoms with van der Waals surface area (Å²) in [5, 5.41) is 19.3. The maximum atomic E-state index is 12.7. The molecule has 1 atom stereocenters. The minimum atomic E-state index is -1.05. The van der Waals surface area contributed by atoms with E-state index in [0.717, 1.165) is 17.3 Å². The molecular formula is C17H19NO4S3. The first kappa shape index (κ1) is 19.8. The summed E-state index contributed by atoms with van der Waals surface area (Å²) in [6.07, 6.45) is 3.92. The van der Waals surface area contributed by atoms with Crippen molar-refractivity contribution >= 4 is 58.0 Å². The predicted molar refractivity (Wildman–Crippen MR) is 107 cm³/mol. The number of aromatic hydroxyl groups is 1. The summed E-state index contributed by atoms with van der Waals surface area (Å²) in [4.78, 5) is 25.8. The largest absolute Gasteiger partial charge is 0.507 e. The van der Waals surface area contributed by atoms with Gasteiger partial charge in [-0.2, -0.15) is 11.8 Å². The molecule has 1 amide bonds. The molecule has 1 aliphatic heterocycles. The first-order valence-corrected chi connectivity index (χ1v) is 10.2. The summed E-state index contributed by atoms with van der Waals surface area (Å²) >= 11 is 7.88. The lowest BCUT2D eigenvalue weighted by molar-refractivity contribution is -0.145. The highest BCUT2D eigenvalue weighted by molar-refractivity contribution is 8.26. The average molecular weight is 398 g/mol. The van der Waals surface area contributed by atoms with Crippen LogP contribution in [0.2, 0.25) is 0 Å². The number of carboxylic acids is 1. The van der Waals surface area contributed by atoms with Gasteiger partial charge in [0.25, 0.3) is 5.91 Å². The molecule has 1 fully saturated rings. The maximum Gasteiger partial charge on any atom is 0.326 e. The number of phenolic OH excluding ortho intramolecular Hbond substituents is 1. The summed E-state index contributed by atoms with van der Waals surface area (Å²) in [5.41, 5.74) is 2.19. The monoisotopic (exact) mass is 397 g/mol. The zero-order valence-corrected chi connectivity index (χ0v) is 16.6. The minimum absolute atomic E-state index is 0.229. The van der Waals surface area contributed by atoms with E-state index >= 15 is 0 Å². The first-order valence-electron chi connectivity index (χ1n) is 7.55. The molecular weight excluding hydrogens is 378 g/mol. The lowest BCUT2D eigenvalue weighted by Crippen LogP contribution is -2.44. The molecule has 8 heteroatoms. The summed E-state index contributed by atoms with van der Waals surface area (Å²) < 4.78 is 0.261. The van der Waals surface area contributed by atoms with E-state index in [-0.39, 0.29) is 16.0 Å². The number of carbonyl (C=O) groups excluding carboxylic acids is 1. The number of amides is 1. The van der Waals surface area contributed by atoms with Gasteiger partial charge in [-0.3, -0.25) is 9.69 Å². The first-order chi connectivity index (χ1) is 11.8. The van der Waals surface area contributed by atoms with Gasteiger partial charge in [0.2, 0.25) is 0 Å². The van der Waals surface area contributed by atoms with E-state index in [4.69, 9.17) is 12.2 Å². The number of thiocarbonyl (C=S) groups is 1. The predicted octanol–water partition coefficient (Wildman–Crippen LogP) is 3.42. The SMILES string of the molecule is CSCC[C@@H](C(=O)O)N1C(=O)/C(=C\c2cc(C)c(O)c(C)c2)SC1=S. The van der Waals surface area contributed by atoms with Gasteiger partial charge in [0.1, 0.15) is 16.1 Å². The van der Waals surface area contributed by atoms with Crippen molar-refractivity contribution < 1.29 is 19.8 Å². The van der Waals surface area contributed by atoms with Gasteiger partial charge in [-0.25, -0.2) is 4.79 Å². The molecule has 0 bridgehead atoms. The molecule has 0 unspecified atom stereocenters. The van der Waals surface area contributed by atoms with Crippen LogP contribution < -0.4 is 0 Å². The van der Waals surface area contributed by atoms with E-state index in [2.05, 4.69) is 0 Å². The molecule has 1 aromatic carbocycles. The van der Waals surface area contributed by atoms with Crippen molar-refractivity contribution in [2.45, 2.75) is 26.3 Å². The number of carbonyl (C=O) groups is 2. The number of hydrogen-bond acceptors (Lipinski definition) is 6. The summed E-state index contributed by atoms with van der Waals surface area (Å²) in [5.74, 6) is -0.578. The second-order valence-corrected chi connectivity index (χ2v) is 8.35. The van der Waals surface area contributed by atoms with Gasteiger partial charge in [-0.1, -0.05) is 24.0 Å². The number of phenols is 1. The van der Waals surface area contributed by atoms with Crippen LogP contribution in [0, 0.1) is 13.8 Å². The standard InChI is InChI=1S/C17H19NO4S3/c1-9-6-11(7-10(2)14(9)19)8-13-15(20)18(17(23)25-13)12(16(21)22)4-5-24-3/h6-8,12,19H,4-5H2,1-3H3,(H,21,22)/b13-8+/t12-/m0/s1. The fraction of sp³-hybridized carbons (Fsp3) is 0.353. The quantitative estimate of drug-likeness (QED) is 0.562. The Balaban J connectivity index is 2.32. The normalized spacial score (nSPS) is 17.4. The molecule has 2 rings (SSSR count). The van der Waals surface area contributed by atoms with Crippen molar-refractivity contribution in [2.24, 2.45) is 0 Å². The Morgan fingerprint density at radius 1 is 1.40 bits per heavy atom. The molecule has 0 spiro atoms. The van der Waals surface area contributed by atoms with E-state index in [1.165, 1.54) is 16.7 Å². The highest BCUT2D eigenvalue weighted by atomic mass is 32.2. The van der Waals surface area contributed by atoms with Crippen molar-refractivity contribution in [2.75, 3.05) is 12.0 Å². The molecule has 0 aromatic heterocycles. The Morgan fingerprint density at radius 3 is 2.52 bits per heavy atom. The smallest absolute Gasteiger partial charge is 0.326 e. The number of nitrogens with zero attached hydrogens (tertiary/aromatic N) is 1. The van der Waals surface area contributed by atoms with Crippen LogP contribution in [0.1, 0.15) is 23.1 Å². The zero-order chi connectivity index (χ0) is 18.7. The van der Waals surface area contributed by atoms with Gasteiger partial charge >= 0.3 is 5.97 Å². The number of benzene rings is 1. The molecule has 2 N–H and O–H groups in total. The number of carboxylic acid groups (broad SMARTS) is 1. The summed E-state index contributed by atoms with van der Waals surface area (Å²) in [6, 6.07) is 2.60. The minimum Gasteiger partial charge on any atom is -0.507 e. The van der Waals surface area contributed by atoms with Crippen LogP contribution in [-0.4, -0.2) is 49.4 Å². The van der Waals surface area contributed by atoms with Crippen molar-refractivity contribution in [1.29, 1.82) is 0 Å². The van der Waals surface area contributed by atoms with E-state index in [1.54, 1.807) is 32.1 Å². The molecule has 1 aromatic rings. The van der Waals surface area contributed by atoms with Crippen molar-refractivity contribution in [3.8, 4) is 5.75 Å². The molecule has 1 aliphatic rings. The van der Waals surface area contributed by atoms with Crippen LogP contribution in [0.15, 0.2) is 17.0 Å². The van der Waals surface area contributed by atoms with E-state index in [1.807, 2.05) is 6.26 Å². The lowest BCUT2D eigenvalue weighted by atomic mass is 10.1. The lowest BCUT2D eigenvalue weighted by Gasteiger charge is -2.22. The van der Waals surface area contributed by atoms with Crippen LogP contribution in [0.4, 0.5) is 0 Å². The Kier molecular flexibility index (Phi) is 6.53. The highest BCUT2D eigenvalue weighted by Gasteiger charge is 2.40. The van der Waals surface area contributed by atoms with Gasteiger partial charge in [0, 0.05) is 0 Å². The van der Waals surface area contributed by atoms with Crippen LogP contribution in [0.5, 0.6) is 5.75 Å². The Labute approximate surface area is 160 Å². The number of aliphatic carboxylic acids is 1. The number of aryl methyl sites for hydroxylation is 2. The third-order valence-corrected chi connectivity index (χ3v) is 5.80. The third-order valence-electron chi connectivity index (χ3n) is 3.83. The van der Waals surface area contributed by atoms with Crippen LogP contribution in [0.25, 0.3) is 6.08 Å². The van der Waals surface area contributed by atoms with E-state index in [9.17, 15) is 19.8 Å². The van der Waals surface area contributed by atoms with E-state index < -0.39 is 12.0 Å². The van der Waals surface area contributed by atoms with Gasteiger partial charge in [0.15, 0.2) is 0 Å². The average Bonchev–Trinajstić information content (AvgIpc) is 2.80. The van der Waals surface area contributed by atoms with Gasteiger partial charge in [-0.15, -0.1) is 0 Å². The molecule has 1 saturated heterocycles. The number of hydrogen-bond donors (Lipinski definition) is 2. The molecule has 1 heterocycles. The van der Waals surface area contributed by atoms with Crippen molar-refractivity contribution in [3.63, 3.8) is 0 Å². The Morgan fingerprint density at radius 2 is 2.00 bits per heavy atom. The third kappa shape index (κ3) is 4.37. The zero-order valence-electron chi connectivity index (χ0n) is 14.1. The Bertz CT molecular complexity index is 737. The van der Waals surface area contributed by atoms with Crippen molar-refractivity contribution in [3.05, 3.63) is 33.7 Å². The molecule has 5 nitrogen and oxygen atoms in total. The van der Waals surface area contributed by atoms with E-state index in [0.29, 0.717) is 28.2 Å². The van der Waals surface area contributed by atoms with Crippen LogP contribution >= 0.6 is 35.7 Å². The second-order valence-electron chi connectivity index (χ2n) is 5.69. The Hall–Kier alpha value is -1.51. The summed E-state index contributed by atoms with van der Waals surface area (Å²) in [7, 11) is 0. The maximum absolute atomic E-state index is 12.7. The number of thioether (sulfide) groups is 2. The molecule has 0 aliphatic carbocycles. The molecule has 0 saturated carbocycles. The van der Waals surface area contributed by atoms with Gasteiger partial charge in [-0.05, 0) is 67.2 Å².